The van der Waals surface area contributed by atoms with Crippen molar-refractivity contribution in [1.82, 2.24) is 19.7 Å². The number of carboxylic acid groups (broad SMARTS) is 1. The van der Waals surface area contributed by atoms with E-state index in [1.54, 1.807) is 6.08 Å². The Bertz CT molecular complexity index is 1050. The molecule has 0 aromatic carbocycles. The van der Waals surface area contributed by atoms with Gasteiger partial charge in [0.1, 0.15) is 0 Å². The van der Waals surface area contributed by atoms with Gasteiger partial charge in [-0.05, 0) is 56.7 Å². The van der Waals surface area contributed by atoms with E-state index < -0.39 is 5.97 Å². The fraction of sp³-hybridized carbons (Fsp3) is 0.333. The summed E-state index contributed by atoms with van der Waals surface area (Å²) in [7, 11) is 0. The summed E-state index contributed by atoms with van der Waals surface area (Å²) >= 11 is 0. The Morgan fingerprint density at radius 1 is 1.33 bits per heavy atom. The van der Waals surface area contributed by atoms with Crippen LogP contribution in [0, 0.1) is 12.8 Å². The second kappa shape index (κ2) is 6.95. The van der Waals surface area contributed by atoms with Gasteiger partial charge in [0.15, 0.2) is 5.65 Å². The van der Waals surface area contributed by atoms with Crippen LogP contribution in [0.1, 0.15) is 36.6 Å². The molecule has 3 aromatic heterocycles. The lowest BCUT2D eigenvalue weighted by Gasteiger charge is -2.14. The lowest BCUT2D eigenvalue weighted by Crippen LogP contribution is -2.04. The number of rotatable bonds is 6. The van der Waals surface area contributed by atoms with Gasteiger partial charge in [0.2, 0.25) is 0 Å². The first-order chi connectivity index (χ1) is 13.1. The Kier molecular flexibility index (Phi) is 4.48. The summed E-state index contributed by atoms with van der Waals surface area (Å²) in [6, 6.07) is 2.07. The minimum atomic E-state index is -0.968. The quantitative estimate of drug-likeness (QED) is 0.673. The van der Waals surface area contributed by atoms with Crippen molar-refractivity contribution in [3.63, 3.8) is 0 Å². The zero-order valence-electron chi connectivity index (χ0n) is 15.5. The summed E-state index contributed by atoms with van der Waals surface area (Å²) in [4.78, 5) is 20.5. The summed E-state index contributed by atoms with van der Waals surface area (Å²) in [6.07, 6.45) is 11.6. The number of pyridine rings is 2. The van der Waals surface area contributed by atoms with E-state index in [-0.39, 0.29) is 0 Å². The van der Waals surface area contributed by atoms with Crippen molar-refractivity contribution in [2.75, 3.05) is 0 Å². The van der Waals surface area contributed by atoms with Gasteiger partial charge >= 0.3 is 5.97 Å². The molecule has 6 nitrogen and oxygen atoms in total. The Morgan fingerprint density at radius 3 is 2.81 bits per heavy atom. The fourth-order valence-corrected chi connectivity index (χ4v) is 3.47. The van der Waals surface area contributed by atoms with E-state index in [1.165, 1.54) is 18.9 Å². The highest BCUT2D eigenvalue weighted by Gasteiger charge is 2.26. The summed E-state index contributed by atoms with van der Waals surface area (Å²) < 4.78 is 1.89. The number of hydrogen-bond acceptors (Lipinski definition) is 4. The van der Waals surface area contributed by atoms with Crippen LogP contribution < -0.4 is 0 Å². The third-order valence-corrected chi connectivity index (χ3v) is 4.94. The van der Waals surface area contributed by atoms with Crippen LogP contribution in [-0.4, -0.2) is 30.8 Å². The van der Waals surface area contributed by atoms with Crippen LogP contribution in [0.5, 0.6) is 0 Å². The maximum atomic E-state index is 11.2. The molecule has 0 saturated heterocycles. The molecular weight excluding hydrogens is 340 g/mol. The Balaban J connectivity index is 2.04. The van der Waals surface area contributed by atoms with E-state index in [0.29, 0.717) is 5.92 Å². The van der Waals surface area contributed by atoms with E-state index in [4.69, 9.17) is 4.98 Å². The molecule has 0 aliphatic heterocycles. The maximum Gasteiger partial charge on any atom is 0.328 e. The molecule has 1 aliphatic rings. The molecule has 0 spiro atoms. The van der Waals surface area contributed by atoms with E-state index in [1.807, 2.05) is 37.1 Å². The second-order valence-corrected chi connectivity index (χ2v) is 7.11. The third-order valence-electron chi connectivity index (χ3n) is 4.94. The first kappa shape index (κ1) is 17.4. The zero-order valence-corrected chi connectivity index (χ0v) is 15.5. The molecule has 0 amide bonds. The van der Waals surface area contributed by atoms with Gasteiger partial charge in [-0.2, -0.15) is 5.10 Å². The van der Waals surface area contributed by atoms with Crippen molar-refractivity contribution in [3.05, 3.63) is 47.6 Å². The molecule has 3 heterocycles. The molecule has 0 radical (unpaired) electrons. The third kappa shape index (κ3) is 3.47. The standard InChI is InChI=1S/C21H22N4O2/c1-3-25-21-17(12-23-25)20(15-8-13(2)10-22-11-15)16(6-7-19(26)27)18(24-21)9-14-4-5-14/h6-8,10-12,14H,3-5,9H2,1-2H3,(H,26,27)/b7-6+. The molecule has 6 heteroatoms. The number of nitrogens with zero attached hydrogens (tertiary/aromatic N) is 4. The smallest absolute Gasteiger partial charge is 0.328 e. The molecule has 0 unspecified atom stereocenters. The second-order valence-electron chi connectivity index (χ2n) is 7.11. The highest BCUT2D eigenvalue weighted by molar-refractivity contribution is 5.99. The van der Waals surface area contributed by atoms with Gasteiger partial charge in [0.05, 0.1) is 11.9 Å². The summed E-state index contributed by atoms with van der Waals surface area (Å²) in [5.41, 5.74) is 5.62. The zero-order chi connectivity index (χ0) is 19.0. The van der Waals surface area contributed by atoms with Crippen molar-refractivity contribution in [2.45, 2.75) is 39.7 Å². The van der Waals surface area contributed by atoms with Crippen LogP contribution in [0.2, 0.25) is 0 Å². The van der Waals surface area contributed by atoms with Crippen LogP contribution in [-0.2, 0) is 17.8 Å². The van der Waals surface area contributed by atoms with Crippen LogP contribution in [0.3, 0.4) is 0 Å². The number of aryl methyl sites for hydroxylation is 2. The molecule has 138 valence electrons. The Morgan fingerprint density at radius 2 is 2.15 bits per heavy atom. The predicted octanol–water partition coefficient (Wildman–Crippen LogP) is 3.87. The van der Waals surface area contributed by atoms with E-state index in [2.05, 4.69) is 16.1 Å². The van der Waals surface area contributed by atoms with Crippen LogP contribution in [0.15, 0.2) is 30.7 Å². The Labute approximate surface area is 157 Å². The fourth-order valence-electron chi connectivity index (χ4n) is 3.47. The summed E-state index contributed by atoms with van der Waals surface area (Å²) in [6.45, 7) is 4.78. The average Bonchev–Trinajstić information content (AvgIpc) is 3.36. The summed E-state index contributed by atoms with van der Waals surface area (Å²) in [5, 5.41) is 14.6. The topological polar surface area (TPSA) is 80.9 Å². The molecule has 0 atom stereocenters. The van der Waals surface area contributed by atoms with Gasteiger partial charge in [0.25, 0.3) is 0 Å². The van der Waals surface area contributed by atoms with E-state index in [0.717, 1.165) is 51.9 Å². The number of carbonyl (C=O) groups is 1. The minimum Gasteiger partial charge on any atom is -0.478 e. The van der Waals surface area contributed by atoms with Crippen molar-refractivity contribution in [1.29, 1.82) is 0 Å². The minimum absolute atomic E-state index is 0.633. The average molecular weight is 362 g/mol. The van der Waals surface area contributed by atoms with Gasteiger partial charge in [-0.3, -0.25) is 4.98 Å². The molecule has 1 aliphatic carbocycles. The van der Waals surface area contributed by atoms with Crippen molar-refractivity contribution in [3.8, 4) is 11.1 Å². The van der Waals surface area contributed by atoms with Gasteiger partial charge in [-0.15, -0.1) is 0 Å². The normalized spacial score (nSPS) is 14.3. The summed E-state index contributed by atoms with van der Waals surface area (Å²) in [5.74, 6) is -0.335. The predicted molar refractivity (Wildman–Crippen MR) is 104 cm³/mol. The van der Waals surface area contributed by atoms with E-state index in [9.17, 15) is 9.90 Å². The highest BCUT2D eigenvalue weighted by Crippen LogP contribution is 2.38. The van der Waals surface area contributed by atoms with Gasteiger partial charge < -0.3 is 5.11 Å². The number of fused-ring (bicyclic) bond motifs is 1. The first-order valence-electron chi connectivity index (χ1n) is 9.28. The number of aromatic nitrogens is 4. The Hall–Kier alpha value is -3.02. The van der Waals surface area contributed by atoms with Gasteiger partial charge in [-0.25, -0.2) is 14.5 Å². The largest absolute Gasteiger partial charge is 0.478 e. The number of aliphatic carboxylic acids is 1. The number of carboxylic acids is 1. The SMILES string of the molecule is CCn1ncc2c(-c3cncc(C)c3)c(/C=C/C(=O)O)c(CC3CC3)nc21. The molecule has 0 bridgehead atoms. The molecule has 3 aromatic rings. The van der Waals surface area contributed by atoms with E-state index >= 15 is 0 Å². The molecule has 1 saturated carbocycles. The molecule has 1 fully saturated rings. The van der Waals surface area contributed by atoms with Crippen molar-refractivity contribution < 1.29 is 9.90 Å². The molecule has 4 rings (SSSR count). The van der Waals surface area contributed by atoms with Crippen LogP contribution >= 0.6 is 0 Å². The van der Waals surface area contributed by atoms with Crippen molar-refractivity contribution in [2.24, 2.45) is 5.92 Å². The molecule has 27 heavy (non-hydrogen) atoms. The van der Waals surface area contributed by atoms with Crippen molar-refractivity contribution >= 4 is 23.1 Å². The molecule has 1 N–H and O–H groups in total. The lowest BCUT2D eigenvalue weighted by atomic mass is 9.94. The monoisotopic (exact) mass is 362 g/mol. The maximum absolute atomic E-state index is 11.2. The van der Waals surface area contributed by atoms with Gasteiger partial charge in [0, 0.05) is 47.1 Å². The number of hydrogen-bond donors (Lipinski definition) is 1. The molecular formula is C21H22N4O2. The lowest BCUT2D eigenvalue weighted by molar-refractivity contribution is -0.131. The van der Waals surface area contributed by atoms with Crippen LogP contribution in [0.4, 0.5) is 0 Å². The van der Waals surface area contributed by atoms with Gasteiger partial charge in [-0.1, -0.05) is 0 Å². The highest BCUT2D eigenvalue weighted by atomic mass is 16.4. The first-order valence-corrected chi connectivity index (χ1v) is 9.28. The van der Waals surface area contributed by atoms with Crippen LogP contribution in [0.25, 0.3) is 28.2 Å².